The van der Waals surface area contributed by atoms with Gasteiger partial charge in [-0.25, -0.2) is 0 Å². The zero-order valence-corrected chi connectivity index (χ0v) is 12.8. The molecule has 3 N–H and O–H groups in total. The van der Waals surface area contributed by atoms with Crippen molar-refractivity contribution >= 4 is 43.4 Å². The number of nitrogens with two attached hydrogens (primary N) is 1. The number of hydrogen-bond donors (Lipinski definition) is 2. The van der Waals surface area contributed by atoms with Crippen molar-refractivity contribution < 1.29 is 0 Å². The number of aromatic amines is 1. The maximum absolute atomic E-state index is 5.79. The molecule has 0 saturated carbocycles. The maximum atomic E-state index is 5.79. The van der Waals surface area contributed by atoms with Crippen molar-refractivity contribution in [1.29, 1.82) is 0 Å². The molecule has 2 nitrogen and oxygen atoms in total. The van der Waals surface area contributed by atoms with Crippen LogP contribution in [0.15, 0.2) is 65.1 Å². The second kappa shape index (κ2) is 4.64. The van der Waals surface area contributed by atoms with E-state index in [4.69, 9.17) is 5.73 Å². The third-order valence-corrected chi connectivity index (χ3v) is 4.49. The number of benzene rings is 3. The molecule has 0 saturated heterocycles. The zero-order valence-electron chi connectivity index (χ0n) is 11.2. The smallest absolute Gasteiger partial charge is 0.0556 e. The van der Waals surface area contributed by atoms with Crippen molar-refractivity contribution in [3.05, 3.63) is 65.1 Å². The van der Waals surface area contributed by atoms with E-state index in [0.29, 0.717) is 0 Å². The molecule has 0 aliphatic carbocycles. The fourth-order valence-corrected chi connectivity index (χ4v) is 3.36. The van der Waals surface area contributed by atoms with Crippen molar-refractivity contribution in [1.82, 2.24) is 4.98 Å². The van der Waals surface area contributed by atoms with Crippen LogP contribution >= 0.6 is 15.9 Å². The average Bonchev–Trinajstić information content (AvgIpc) is 2.89. The van der Waals surface area contributed by atoms with Crippen molar-refractivity contribution in [2.75, 3.05) is 5.73 Å². The summed E-state index contributed by atoms with van der Waals surface area (Å²) in [5.74, 6) is 0. The Morgan fingerprint density at radius 2 is 1.62 bits per heavy atom. The van der Waals surface area contributed by atoms with Gasteiger partial charge in [0.25, 0.3) is 0 Å². The Hall–Kier alpha value is -2.26. The lowest BCUT2D eigenvalue weighted by Gasteiger charge is -2.06. The lowest BCUT2D eigenvalue weighted by Crippen LogP contribution is -1.85. The minimum absolute atomic E-state index is 0.781. The molecule has 3 heteroatoms. The van der Waals surface area contributed by atoms with E-state index in [1.807, 2.05) is 12.1 Å². The summed E-state index contributed by atoms with van der Waals surface area (Å²) in [5, 5.41) is 2.46. The summed E-state index contributed by atoms with van der Waals surface area (Å²) in [6, 6.07) is 20.6. The number of anilines is 1. The summed E-state index contributed by atoms with van der Waals surface area (Å²) in [7, 11) is 0. The fourth-order valence-electron chi connectivity index (χ4n) is 2.82. The Labute approximate surface area is 130 Å². The Kier molecular flexibility index (Phi) is 2.76. The van der Waals surface area contributed by atoms with Gasteiger partial charge >= 0.3 is 0 Å². The van der Waals surface area contributed by atoms with Crippen molar-refractivity contribution in [3.63, 3.8) is 0 Å². The monoisotopic (exact) mass is 336 g/mol. The summed E-state index contributed by atoms with van der Waals surface area (Å²) in [5.41, 5.74) is 11.2. The van der Waals surface area contributed by atoms with Gasteiger partial charge in [-0.15, -0.1) is 0 Å². The Bertz CT molecular complexity index is 952. The van der Waals surface area contributed by atoms with Gasteiger partial charge in [0, 0.05) is 32.0 Å². The molecule has 0 amide bonds. The lowest BCUT2D eigenvalue weighted by atomic mass is 10.0. The van der Waals surface area contributed by atoms with Gasteiger partial charge < -0.3 is 10.7 Å². The lowest BCUT2D eigenvalue weighted by molar-refractivity contribution is 1.53. The number of hydrogen-bond acceptors (Lipinski definition) is 1. The summed E-state index contributed by atoms with van der Waals surface area (Å²) < 4.78 is 1.11. The summed E-state index contributed by atoms with van der Waals surface area (Å²) >= 11 is 3.68. The van der Waals surface area contributed by atoms with Crippen LogP contribution in [-0.2, 0) is 0 Å². The molecule has 0 aliphatic rings. The van der Waals surface area contributed by atoms with Gasteiger partial charge in [-0.3, -0.25) is 0 Å². The van der Waals surface area contributed by atoms with Crippen LogP contribution in [0.3, 0.4) is 0 Å². The molecular formula is C18H13BrN2. The first-order valence-electron chi connectivity index (χ1n) is 6.79. The molecular weight excluding hydrogens is 324 g/mol. The topological polar surface area (TPSA) is 41.8 Å². The first kappa shape index (κ1) is 12.5. The van der Waals surface area contributed by atoms with Crippen LogP contribution in [-0.4, -0.2) is 4.98 Å². The van der Waals surface area contributed by atoms with E-state index in [1.54, 1.807) is 0 Å². The van der Waals surface area contributed by atoms with E-state index >= 15 is 0 Å². The molecule has 0 atom stereocenters. The number of rotatable bonds is 1. The maximum Gasteiger partial charge on any atom is 0.0556 e. The van der Waals surface area contributed by atoms with Crippen LogP contribution in [0.2, 0.25) is 0 Å². The highest BCUT2D eigenvalue weighted by Crippen LogP contribution is 2.37. The van der Waals surface area contributed by atoms with Crippen molar-refractivity contribution in [3.8, 4) is 11.1 Å². The van der Waals surface area contributed by atoms with Crippen LogP contribution in [0.25, 0.3) is 32.9 Å². The standard InChI is InChI=1S/C18H13BrN2/c19-15-10-9-13(11-5-7-12(20)8-6-11)18-17(15)14-3-1-2-4-16(14)21-18/h1-10,21H,20H2. The van der Waals surface area contributed by atoms with E-state index in [1.165, 1.54) is 16.3 Å². The number of fused-ring (bicyclic) bond motifs is 3. The molecule has 21 heavy (non-hydrogen) atoms. The van der Waals surface area contributed by atoms with Gasteiger partial charge in [-0.1, -0.05) is 52.3 Å². The van der Waals surface area contributed by atoms with Gasteiger partial charge in [0.15, 0.2) is 0 Å². The number of nitrogen functional groups attached to an aromatic ring is 1. The predicted molar refractivity (Wildman–Crippen MR) is 93.4 cm³/mol. The van der Waals surface area contributed by atoms with Crippen LogP contribution in [0.5, 0.6) is 0 Å². The second-order valence-electron chi connectivity index (χ2n) is 5.14. The van der Waals surface area contributed by atoms with Crippen LogP contribution in [0.1, 0.15) is 0 Å². The normalized spacial score (nSPS) is 11.3. The number of nitrogens with one attached hydrogen (secondary N) is 1. The van der Waals surface area contributed by atoms with Gasteiger partial charge in [0.05, 0.1) is 5.52 Å². The first-order valence-corrected chi connectivity index (χ1v) is 7.58. The molecule has 1 heterocycles. The minimum atomic E-state index is 0.781. The molecule has 1 aromatic heterocycles. The molecule has 0 spiro atoms. The zero-order chi connectivity index (χ0) is 14.4. The molecule has 0 fully saturated rings. The number of H-pyrrole nitrogens is 1. The fraction of sp³-hybridized carbons (Fsp3) is 0. The molecule has 0 radical (unpaired) electrons. The third-order valence-electron chi connectivity index (χ3n) is 3.83. The summed E-state index contributed by atoms with van der Waals surface area (Å²) in [6.45, 7) is 0. The van der Waals surface area contributed by atoms with Crippen LogP contribution in [0.4, 0.5) is 5.69 Å². The highest BCUT2D eigenvalue weighted by atomic mass is 79.9. The van der Waals surface area contributed by atoms with Gasteiger partial charge in [0.2, 0.25) is 0 Å². The van der Waals surface area contributed by atoms with E-state index in [-0.39, 0.29) is 0 Å². The van der Waals surface area contributed by atoms with Crippen LogP contribution < -0.4 is 5.73 Å². The summed E-state index contributed by atoms with van der Waals surface area (Å²) in [4.78, 5) is 3.54. The molecule has 0 unspecified atom stereocenters. The molecule has 0 aliphatic heterocycles. The number of para-hydroxylation sites is 1. The van der Waals surface area contributed by atoms with Gasteiger partial charge in [-0.2, -0.15) is 0 Å². The largest absolute Gasteiger partial charge is 0.399 e. The number of aromatic nitrogens is 1. The third kappa shape index (κ3) is 1.93. The minimum Gasteiger partial charge on any atom is -0.399 e. The Morgan fingerprint density at radius 1 is 0.857 bits per heavy atom. The Balaban J connectivity index is 2.11. The van der Waals surface area contributed by atoms with Gasteiger partial charge in [0.1, 0.15) is 0 Å². The number of halogens is 1. The quantitative estimate of drug-likeness (QED) is 0.453. The Morgan fingerprint density at radius 3 is 2.43 bits per heavy atom. The second-order valence-corrected chi connectivity index (χ2v) is 5.99. The van der Waals surface area contributed by atoms with E-state index in [2.05, 4.69) is 69.4 Å². The van der Waals surface area contributed by atoms with E-state index in [0.717, 1.165) is 26.8 Å². The van der Waals surface area contributed by atoms with E-state index < -0.39 is 0 Å². The molecule has 0 bridgehead atoms. The van der Waals surface area contributed by atoms with Crippen molar-refractivity contribution in [2.24, 2.45) is 0 Å². The molecule has 4 rings (SSSR count). The molecule has 4 aromatic rings. The molecule has 102 valence electrons. The summed E-state index contributed by atoms with van der Waals surface area (Å²) in [6.07, 6.45) is 0. The highest BCUT2D eigenvalue weighted by molar-refractivity contribution is 9.10. The molecule has 3 aromatic carbocycles. The highest BCUT2D eigenvalue weighted by Gasteiger charge is 2.12. The van der Waals surface area contributed by atoms with Gasteiger partial charge in [-0.05, 0) is 29.8 Å². The predicted octanol–water partition coefficient (Wildman–Crippen LogP) is 5.33. The average molecular weight is 337 g/mol. The SMILES string of the molecule is Nc1ccc(-c2ccc(Br)c3c2[nH]c2ccccc23)cc1. The first-order chi connectivity index (χ1) is 10.2. The van der Waals surface area contributed by atoms with Crippen LogP contribution in [0, 0.1) is 0 Å². The van der Waals surface area contributed by atoms with Crippen molar-refractivity contribution in [2.45, 2.75) is 0 Å². The van der Waals surface area contributed by atoms with E-state index in [9.17, 15) is 0 Å².